The fourth-order valence-corrected chi connectivity index (χ4v) is 3.58. The molecule has 0 radical (unpaired) electrons. The highest BCUT2D eigenvalue weighted by Gasteiger charge is 2.23. The van der Waals surface area contributed by atoms with Crippen molar-refractivity contribution < 1.29 is 4.74 Å². The predicted octanol–water partition coefficient (Wildman–Crippen LogP) is 2.80. The lowest BCUT2D eigenvalue weighted by Gasteiger charge is -2.36. The molecule has 3 heteroatoms. The molecule has 0 aromatic carbocycles. The number of ether oxygens (including phenoxy) is 1. The van der Waals surface area contributed by atoms with Gasteiger partial charge in [0.1, 0.15) is 0 Å². The zero-order valence-electron chi connectivity index (χ0n) is 12.9. The van der Waals surface area contributed by atoms with E-state index in [0.717, 1.165) is 19.2 Å². The van der Waals surface area contributed by atoms with Crippen molar-refractivity contribution in [2.24, 2.45) is 0 Å². The molecule has 3 atom stereocenters. The molecule has 112 valence electrons. The summed E-state index contributed by atoms with van der Waals surface area (Å²) in [4.78, 5) is 2.71. The minimum atomic E-state index is 0.452. The Labute approximate surface area is 119 Å². The van der Waals surface area contributed by atoms with Crippen molar-refractivity contribution in [3.8, 4) is 0 Å². The lowest BCUT2D eigenvalue weighted by atomic mass is 9.98. The average molecular weight is 268 g/mol. The van der Waals surface area contributed by atoms with E-state index in [0.29, 0.717) is 12.1 Å². The molecule has 2 rings (SSSR count). The van der Waals surface area contributed by atoms with Crippen LogP contribution in [-0.4, -0.2) is 49.3 Å². The van der Waals surface area contributed by atoms with Gasteiger partial charge in [0, 0.05) is 31.8 Å². The van der Waals surface area contributed by atoms with Gasteiger partial charge in [0.25, 0.3) is 0 Å². The average Bonchev–Trinajstić information content (AvgIpc) is 2.95. The number of rotatable bonds is 7. The first-order valence-electron chi connectivity index (χ1n) is 8.40. The number of piperidine rings is 1. The molecule has 0 spiro atoms. The van der Waals surface area contributed by atoms with E-state index in [1.54, 1.807) is 0 Å². The van der Waals surface area contributed by atoms with Crippen LogP contribution in [0.25, 0.3) is 0 Å². The van der Waals surface area contributed by atoms with Crippen LogP contribution in [0, 0.1) is 0 Å². The van der Waals surface area contributed by atoms with Gasteiger partial charge >= 0.3 is 0 Å². The summed E-state index contributed by atoms with van der Waals surface area (Å²) in [5.41, 5.74) is 0. The number of nitrogens with zero attached hydrogens (tertiary/aromatic N) is 1. The predicted molar refractivity (Wildman–Crippen MR) is 80.6 cm³/mol. The Bertz CT molecular complexity index is 239. The van der Waals surface area contributed by atoms with Crippen molar-refractivity contribution in [3.63, 3.8) is 0 Å². The van der Waals surface area contributed by atoms with E-state index in [9.17, 15) is 0 Å². The van der Waals surface area contributed by atoms with Crippen LogP contribution >= 0.6 is 0 Å². The van der Waals surface area contributed by atoms with Gasteiger partial charge in [-0.1, -0.05) is 19.8 Å². The summed E-state index contributed by atoms with van der Waals surface area (Å²) in [5.74, 6) is 0. The van der Waals surface area contributed by atoms with Gasteiger partial charge in [-0.05, 0) is 45.6 Å². The Balaban J connectivity index is 1.65. The topological polar surface area (TPSA) is 24.5 Å². The number of nitrogens with one attached hydrogen (secondary N) is 1. The second-order valence-electron chi connectivity index (χ2n) is 6.27. The van der Waals surface area contributed by atoms with Gasteiger partial charge in [-0.3, -0.25) is 4.90 Å². The maximum absolute atomic E-state index is 5.74. The van der Waals surface area contributed by atoms with Crippen LogP contribution in [0.15, 0.2) is 0 Å². The van der Waals surface area contributed by atoms with Gasteiger partial charge in [-0.25, -0.2) is 0 Å². The monoisotopic (exact) mass is 268 g/mol. The maximum atomic E-state index is 5.74. The van der Waals surface area contributed by atoms with Crippen LogP contribution < -0.4 is 5.32 Å². The number of hydrogen-bond acceptors (Lipinski definition) is 3. The normalized spacial score (nSPS) is 30.6. The van der Waals surface area contributed by atoms with E-state index in [1.807, 2.05) is 0 Å². The van der Waals surface area contributed by atoms with Gasteiger partial charge in [0.2, 0.25) is 0 Å². The van der Waals surface area contributed by atoms with Crippen molar-refractivity contribution in [2.45, 2.75) is 77.0 Å². The van der Waals surface area contributed by atoms with Gasteiger partial charge in [-0.2, -0.15) is 0 Å². The molecule has 3 unspecified atom stereocenters. The molecule has 3 nitrogen and oxygen atoms in total. The molecule has 0 bridgehead atoms. The standard InChI is InChI=1S/C16H32N2O/c1-3-7-15-8-4-5-11-18(15)12-10-17-14(2)16-9-6-13-19-16/h14-17H,3-13H2,1-2H3. The number of likely N-dealkylation sites (tertiary alicyclic amines) is 1. The Morgan fingerprint density at radius 1 is 1.26 bits per heavy atom. The van der Waals surface area contributed by atoms with Crippen LogP contribution in [0.2, 0.25) is 0 Å². The molecule has 0 aromatic heterocycles. The van der Waals surface area contributed by atoms with E-state index in [-0.39, 0.29) is 0 Å². The van der Waals surface area contributed by atoms with Crippen LogP contribution in [0.5, 0.6) is 0 Å². The van der Waals surface area contributed by atoms with Crippen molar-refractivity contribution in [2.75, 3.05) is 26.2 Å². The largest absolute Gasteiger partial charge is 0.377 e. The molecule has 2 heterocycles. The Morgan fingerprint density at radius 2 is 2.16 bits per heavy atom. The smallest absolute Gasteiger partial charge is 0.0726 e. The van der Waals surface area contributed by atoms with E-state index < -0.39 is 0 Å². The maximum Gasteiger partial charge on any atom is 0.0726 e. The lowest BCUT2D eigenvalue weighted by Crippen LogP contribution is -2.46. The molecule has 2 fully saturated rings. The van der Waals surface area contributed by atoms with Crippen LogP contribution in [0.4, 0.5) is 0 Å². The minimum Gasteiger partial charge on any atom is -0.377 e. The second-order valence-corrected chi connectivity index (χ2v) is 6.27. The van der Waals surface area contributed by atoms with E-state index >= 15 is 0 Å². The van der Waals surface area contributed by atoms with Crippen LogP contribution in [-0.2, 0) is 4.74 Å². The molecule has 2 aliphatic heterocycles. The summed E-state index contributed by atoms with van der Waals surface area (Å²) in [6.07, 6.45) is 9.85. The highest BCUT2D eigenvalue weighted by molar-refractivity contribution is 4.80. The summed E-state index contributed by atoms with van der Waals surface area (Å²) in [6, 6.07) is 1.36. The molecule has 2 saturated heterocycles. The summed E-state index contributed by atoms with van der Waals surface area (Å²) in [5, 5.41) is 3.67. The van der Waals surface area contributed by atoms with Crippen molar-refractivity contribution in [3.05, 3.63) is 0 Å². The summed E-state index contributed by atoms with van der Waals surface area (Å²) < 4.78 is 5.74. The van der Waals surface area contributed by atoms with E-state index in [1.165, 1.54) is 58.0 Å². The first kappa shape index (κ1) is 15.3. The lowest BCUT2D eigenvalue weighted by molar-refractivity contribution is 0.0799. The molecule has 0 saturated carbocycles. The Kier molecular flexibility index (Phi) is 6.62. The summed E-state index contributed by atoms with van der Waals surface area (Å²) in [6.45, 7) is 9.17. The zero-order chi connectivity index (χ0) is 13.5. The van der Waals surface area contributed by atoms with Crippen molar-refractivity contribution in [1.29, 1.82) is 0 Å². The zero-order valence-corrected chi connectivity index (χ0v) is 12.9. The number of hydrogen-bond donors (Lipinski definition) is 1. The molecule has 2 aliphatic rings. The quantitative estimate of drug-likeness (QED) is 0.768. The minimum absolute atomic E-state index is 0.452. The van der Waals surface area contributed by atoms with Crippen molar-refractivity contribution in [1.82, 2.24) is 10.2 Å². The molecular weight excluding hydrogens is 236 g/mol. The third-order valence-electron chi connectivity index (χ3n) is 4.76. The first-order valence-corrected chi connectivity index (χ1v) is 8.40. The molecule has 19 heavy (non-hydrogen) atoms. The van der Waals surface area contributed by atoms with Crippen LogP contribution in [0.3, 0.4) is 0 Å². The third-order valence-corrected chi connectivity index (χ3v) is 4.76. The second kappa shape index (κ2) is 8.23. The summed E-state index contributed by atoms with van der Waals surface area (Å²) in [7, 11) is 0. The summed E-state index contributed by atoms with van der Waals surface area (Å²) >= 11 is 0. The Morgan fingerprint density at radius 3 is 2.89 bits per heavy atom. The van der Waals surface area contributed by atoms with Gasteiger partial charge in [0.05, 0.1) is 6.10 Å². The fraction of sp³-hybridized carbons (Fsp3) is 1.00. The van der Waals surface area contributed by atoms with E-state index in [4.69, 9.17) is 4.74 Å². The Hall–Kier alpha value is -0.120. The highest BCUT2D eigenvalue weighted by Crippen LogP contribution is 2.20. The van der Waals surface area contributed by atoms with Gasteiger partial charge in [-0.15, -0.1) is 0 Å². The fourth-order valence-electron chi connectivity index (χ4n) is 3.58. The van der Waals surface area contributed by atoms with Crippen LogP contribution in [0.1, 0.15) is 58.8 Å². The van der Waals surface area contributed by atoms with Gasteiger partial charge < -0.3 is 10.1 Å². The third kappa shape index (κ3) is 4.73. The van der Waals surface area contributed by atoms with Gasteiger partial charge in [0.15, 0.2) is 0 Å². The van der Waals surface area contributed by atoms with Crippen molar-refractivity contribution >= 4 is 0 Å². The first-order chi connectivity index (χ1) is 9.31. The molecular formula is C16H32N2O. The highest BCUT2D eigenvalue weighted by atomic mass is 16.5. The molecule has 0 aromatic rings. The SMILES string of the molecule is CCCC1CCCCN1CCNC(C)C1CCCO1. The molecule has 1 N–H and O–H groups in total. The molecule has 0 aliphatic carbocycles. The van der Waals surface area contributed by atoms with E-state index in [2.05, 4.69) is 24.1 Å². The molecule has 0 amide bonds.